The third kappa shape index (κ3) is 6.21. The number of aryl methyl sites for hydroxylation is 1. The quantitative estimate of drug-likeness (QED) is 0.152. The SMILES string of the molecule is C=CC.O=Cc1ccc2c(c1)nnn2CCCN1CCC2(CC1)CC(OC(=O)C(O)(c1cccs1)c1cccs1)C2. The zero-order valence-electron chi connectivity index (χ0n) is 23.3. The fourth-order valence-electron chi connectivity index (χ4n) is 5.85. The first-order valence-corrected chi connectivity index (χ1v) is 15.8. The van der Waals surface area contributed by atoms with E-state index in [9.17, 15) is 14.7 Å². The summed E-state index contributed by atoms with van der Waals surface area (Å²) in [7, 11) is 0. The van der Waals surface area contributed by atoms with Crippen LogP contribution in [0.25, 0.3) is 11.0 Å². The molecule has 6 rings (SSSR count). The number of rotatable bonds is 9. The lowest BCUT2D eigenvalue weighted by Gasteiger charge is -2.51. The highest BCUT2D eigenvalue weighted by atomic mass is 32.1. The number of carbonyl (C=O) groups excluding carboxylic acids is 2. The fraction of sp³-hybridized carbons (Fsp3) is 0.419. The molecule has 4 heterocycles. The number of esters is 1. The molecule has 2 aliphatic rings. The van der Waals surface area contributed by atoms with Gasteiger partial charge in [0.15, 0.2) is 0 Å². The summed E-state index contributed by atoms with van der Waals surface area (Å²) in [5, 5.41) is 23.6. The van der Waals surface area contributed by atoms with Gasteiger partial charge in [0.05, 0.1) is 15.3 Å². The van der Waals surface area contributed by atoms with Gasteiger partial charge in [-0.25, -0.2) is 9.48 Å². The Bertz CT molecular complexity index is 1410. The molecule has 8 nitrogen and oxygen atoms in total. The molecule has 1 aliphatic carbocycles. The highest BCUT2D eigenvalue weighted by Crippen LogP contribution is 2.51. The number of aldehydes is 1. The number of allylic oxidation sites excluding steroid dienone is 1. The Morgan fingerprint density at radius 2 is 1.80 bits per heavy atom. The van der Waals surface area contributed by atoms with Crippen LogP contribution in [0.2, 0.25) is 0 Å². The number of likely N-dealkylation sites (tertiary alicyclic amines) is 1. The van der Waals surface area contributed by atoms with E-state index in [2.05, 4.69) is 21.8 Å². The van der Waals surface area contributed by atoms with Gasteiger partial charge in [-0.3, -0.25) is 4.79 Å². The van der Waals surface area contributed by atoms with Gasteiger partial charge in [-0.2, -0.15) is 0 Å². The predicted molar refractivity (Wildman–Crippen MR) is 162 cm³/mol. The molecule has 1 aliphatic heterocycles. The number of fused-ring (bicyclic) bond motifs is 1. The van der Waals surface area contributed by atoms with Gasteiger partial charge >= 0.3 is 5.97 Å². The van der Waals surface area contributed by atoms with Crippen LogP contribution in [-0.2, 0) is 21.7 Å². The lowest BCUT2D eigenvalue weighted by Crippen LogP contribution is -2.52. The molecule has 0 bridgehead atoms. The molecule has 0 amide bonds. The summed E-state index contributed by atoms with van der Waals surface area (Å²) in [6.07, 6.45) is 7.35. The third-order valence-electron chi connectivity index (χ3n) is 8.08. The van der Waals surface area contributed by atoms with Crippen molar-refractivity contribution in [2.75, 3.05) is 19.6 Å². The van der Waals surface area contributed by atoms with Crippen LogP contribution in [0.1, 0.15) is 59.1 Å². The smallest absolute Gasteiger partial charge is 0.349 e. The lowest BCUT2D eigenvalue weighted by atomic mass is 9.61. The van der Waals surface area contributed by atoms with Gasteiger partial charge in [0, 0.05) is 12.1 Å². The van der Waals surface area contributed by atoms with E-state index in [1.807, 2.05) is 40.6 Å². The number of hydrogen-bond donors (Lipinski definition) is 1. The number of aliphatic hydroxyl groups is 1. The summed E-state index contributed by atoms with van der Waals surface area (Å²) in [6.45, 7) is 9.11. The van der Waals surface area contributed by atoms with Crippen molar-refractivity contribution >= 4 is 46.0 Å². The number of nitrogens with zero attached hydrogens (tertiary/aromatic N) is 4. The highest BCUT2D eigenvalue weighted by molar-refractivity contribution is 7.12. The Labute approximate surface area is 248 Å². The molecule has 0 atom stereocenters. The normalized spacial score (nSPS) is 17.0. The van der Waals surface area contributed by atoms with Crippen LogP contribution >= 0.6 is 22.7 Å². The second-order valence-corrected chi connectivity index (χ2v) is 12.8. The van der Waals surface area contributed by atoms with E-state index >= 15 is 0 Å². The number of carbonyl (C=O) groups is 2. The maximum absolute atomic E-state index is 13.2. The number of piperidine rings is 1. The maximum atomic E-state index is 13.2. The van der Waals surface area contributed by atoms with E-state index in [0.29, 0.717) is 15.3 Å². The molecule has 1 N–H and O–H groups in total. The van der Waals surface area contributed by atoms with Crippen LogP contribution in [0.15, 0.2) is 65.9 Å². The van der Waals surface area contributed by atoms with E-state index in [1.54, 1.807) is 30.3 Å². The first kappa shape index (κ1) is 29.3. The first-order valence-electron chi connectivity index (χ1n) is 14.0. The average molecular weight is 593 g/mol. The standard InChI is InChI=1S/C28H30N4O4S2.C3H6/c33-19-20-6-7-23-22(16-20)29-30-32(23)11-3-10-31-12-8-27(9-13-31)17-21(18-27)36-26(34)28(35,24-4-1-14-37-24)25-5-2-15-38-25;1-3-2/h1-2,4-7,14-16,19,21,35H,3,8-13,17-18H2;3H,1H2,2H3. The summed E-state index contributed by atoms with van der Waals surface area (Å²) in [4.78, 5) is 27.9. The summed E-state index contributed by atoms with van der Waals surface area (Å²) < 4.78 is 7.80. The number of benzene rings is 1. The van der Waals surface area contributed by atoms with Gasteiger partial charge in [-0.1, -0.05) is 23.4 Å². The highest BCUT2D eigenvalue weighted by Gasteiger charge is 2.51. The molecular formula is C31H36N4O4S2. The zero-order chi connectivity index (χ0) is 28.9. The van der Waals surface area contributed by atoms with Crippen LogP contribution in [0.3, 0.4) is 0 Å². The van der Waals surface area contributed by atoms with Gasteiger partial charge < -0.3 is 14.7 Å². The minimum Gasteiger partial charge on any atom is -0.460 e. The maximum Gasteiger partial charge on any atom is 0.349 e. The summed E-state index contributed by atoms with van der Waals surface area (Å²) >= 11 is 2.73. The Kier molecular flexibility index (Phi) is 9.13. The van der Waals surface area contributed by atoms with Crippen molar-refractivity contribution in [3.05, 3.63) is 81.2 Å². The van der Waals surface area contributed by atoms with Crippen LogP contribution in [0, 0.1) is 5.41 Å². The van der Waals surface area contributed by atoms with Crippen molar-refractivity contribution in [2.45, 2.75) is 57.3 Å². The second kappa shape index (κ2) is 12.8. The minimum absolute atomic E-state index is 0.138. The molecule has 4 aromatic rings. The largest absolute Gasteiger partial charge is 0.460 e. The molecule has 0 unspecified atom stereocenters. The van der Waals surface area contributed by atoms with Gasteiger partial charge in [-0.15, -0.1) is 34.4 Å². The second-order valence-electron chi connectivity index (χ2n) is 10.9. The molecule has 216 valence electrons. The molecule has 3 aromatic heterocycles. The van der Waals surface area contributed by atoms with Crippen molar-refractivity contribution < 1.29 is 19.4 Å². The van der Waals surface area contributed by atoms with E-state index in [1.165, 1.54) is 22.7 Å². The van der Waals surface area contributed by atoms with Gasteiger partial charge in [0.2, 0.25) is 5.60 Å². The van der Waals surface area contributed by atoms with Gasteiger partial charge in [0.1, 0.15) is 17.9 Å². The molecule has 1 saturated heterocycles. The molecular weight excluding hydrogens is 556 g/mol. The van der Waals surface area contributed by atoms with Crippen LogP contribution in [0.4, 0.5) is 0 Å². The van der Waals surface area contributed by atoms with Crippen LogP contribution < -0.4 is 0 Å². The molecule has 1 aromatic carbocycles. The van der Waals surface area contributed by atoms with E-state index in [4.69, 9.17) is 4.74 Å². The number of ether oxygens (including phenoxy) is 1. The minimum atomic E-state index is -1.74. The van der Waals surface area contributed by atoms with Crippen molar-refractivity contribution in [1.29, 1.82) is 0 Å². The molecule has 41 heavy (non-hydrogen) atoms. The summed E-state index contributed by atoms with van der Waals surface area (Å²) in [6, 6.07) is 12.7. The van der Waals surface area contributed by atoms with Crippen LogP contribution in [-0.4, -0.2) is 63.0 Å². The van der Waals surface area contributed by atoms with Crippen molar-refractivity contribution in [3.63, 3.8) is 0 Å². The fourth-order valence-corrected chi connectivity index (χ4v) is 7.56. The first-order chi connectivity index (χ1) is 19.9. The number of aromatic nitrogens is 3. The van der Waals surface area contributed by atoms with E-state index in [-0.39, 0.29) is 11.5 Å². The summed E-state index contributed by atoms with van der Waals surface area (Å²) in [5.74, 6) is -0.567. The van der Waals surface area contributed by atoms with E-state index < -0.39 is 11.6 Å². The third-order valence-corrected chi connectivity index (χ3v) is 10.0. The average Bonchev–Trinajstić information content (AvgIpc) is 3.76. The molecule has 0 radical (unpaired) electrons. The Morgan fingerprint density at radius 1 is 1.15 bits per heavy atom. The molecule has 10 heteroatoms. The van der Waals surface area contributed by atoms with Crippen molar-refractivity contribution in [2.24, 2.45) is 5.41 Å². The predicted octanol–water partition coefficient (Wildman–Crippen LogP) is 5.67. The van der Waals surface area contributed by atoms with Gasteiger partial charge in [0.25, 0.3) is 0 Å². The lowest BCUT2D eigenvalue weighted by molar-refractivity contribution is -0.181. The van der Waals surface area contributed by atoms with Crippen molar-refractivity contribution in [1.82, 2.24) is 19.9 Å². The monoisotopic (exact) mass is 592 g/mol. The Morgan fingerprint density at radius 3 is 2.39 bits per heavy atom. The molecule has 1 spiro atoms. The number of hydrogen-bond acceptors (Lipinski definition) is 9. The zero-order valence-corrected chi connectivity index (χ0v) is 24.9. The van der Waals surface area contributed by atoms with Gasteiger partial charge in [-0.05, 0) is 105 Å². The van der Waals surface area contributed by atoms with E-state index in [0.717, 1.165) is 75.6 Å². The Balaban J connectivity index is 0.00000108. The Hall–Kier alpha value is -3.18. The summed E-state index contributed by atoms with van der Waals surface area (Å²) in [5.41, 5.74) is 0.817. The van der Waals surface area contributed by atoms with Crippen molar-refractivity contribution in [3.8, 4) is 0 Å². The molecule has 2 fully saturated rings. The number of thiophene rings is 2. The molecule has 1 saturated carbocycles. The topological polar surface area (TPSA) is 97.5 Å². The van der Waals surface area contributed by atoms with Crippen LogP contribution in [0.5, 0.6) is 0 Å².